The Morgan fingerprint density at radius 3 is 2.30 bits per heavy atom. The number of halogens is 3. The standard InChI is InChI=1S/C15H26F3NO/c1-11(2)14(3)5-7-19(8-6-14)13-4-9-20-10-12(13)15(16,17)18/h11-13H,4-10H2,1-3H3/t12-,13+/m1/s1. The zero-order valence-electron chi connectivity index (χ0n) is 12.7. The fourth-order valence-corrected chi connectivity index (χ4v) is 3.42. The maximum atomic E-state index is 13.1. The lowest BCUT2D eigenvalue weighted by molar-refractivity contribution is -0.221. The highest BCUT2D eigenvalue weighted by Crippen LogP contribution is 2.41. The first kappa shape index (κ1) is 16.1. The van der Waals surface area contributed by atoms with Gasteiger partial charge in [0, 0.05) is 12.6 Å². The van der Waals surface area contributed by atoms with Crippen molar-refractivity contribution in [3.63, 3.8) is 0 Å². The van der Waals surface area contributed by atoms with E-state index in [1.54, 1.807) is 0 Å². The Kier molecular flexibility index (Phi) is 4.69. The van der Waals surface area contributed by atoms with Gasteiger partial charge in [-0.05, 0) is 43.7 Å². The van der Waals surface area contributed by atoms with E-state index in [9.17, 15) is 13.2 Å². The van der Waals surface area contributed by atoms with Crippen LogP contribution in [0, 0.1) is 17.3 Å². The molecular weight excluding hydrogens is 267 g/mol. The van der Waals surface area contributed by atoms with Crippen LogP contribution in [-0.2, 0) is 4.74 Å². The molecule has 0 aromatic carbocycles. The molecule has 5 heteroatoms. The predicted octanol–water partition coefficient (Wildman–Crippen LogP) is 3.71. The monoisotopic (exact) mass is 293 g/mol. The van der Waals surface area contributed by atoms with Crippen LogP contribution in [0.15, 0.2) is 0 Å². The summed E-state index contributed by atoms with van der Waals surface area (Å²) in [6, 6.07) is -0.388. The highest BCUT2D eigenvalue weighted by molar-refractivity contribution is 4.92. The van der Waals surface area contributed by atoms with Crippen LogP contribution in [0.25, 0.3) is 0 Å². The molecule has 0 aliphatic carbocycles. The molecule has 0 spiro atoms. The molecule has 0 N–H and O–H groups in total. The Morgan fingerprint density at radius 2 is 1.80 bits per heavy atom. The number of piperidine rings is 1. The molecule has 0 aromatic rings. The van der Waals surface area contributed by atoms with Crippen molar-refractivity contribution in [1.29, 1.82) is 0 Å². The quantitative estimate of drug-likeness (QED) is 0.769. The second-order valence-electron chi connectivity index (χ2n) is 6.92. The van der Waals surface area contributed by atoms with Gasteiger partial charge in [-0.25, -0.2) is 0 Å². The topological polar surface area (TPSA) is 12.5 Å². The first-order valence-corrected chi connectivity index (χ1v) is 7.62. The Bertz CT molecular complexity index is 322. The minimum Gasteiger partial charge on any atom is -0.381 e. The van der Waals surface area contributed by atoms with Crippen LogP contribution in [0.4, 0.5) is 13.2 Å². The molecular formula is C15H26F3NO. The number of likely N-dealkylation sites (tertiary alicyclic amines) is 1. The summed E-state index contributed by atoms with van der Waals surface area (Å²) in [5, 5.41) is 0. The Morgan fingerprint density at radius 1 is 1.20 bits per heavy atom. The van der Waals surface area contributed by atoms with Crippen molar-refractivity contribution >= 4 is 0 Å². The lowest BCUT2D eigenvalue weighted by atomic mass is 9.71. The second-order valence-corrected chi connectivity index (χ2v) is 6.92. The third kappa shape index (κ3) is 3.30. The molecule has 2 rings (SSSR count). The molecule has 0 amide bonds. The Balaban J connectivity index is 2.01. The van der Waals surface area contributed by atoms with Crippen molar-refractivity contribution in [3.05, 3.63) is 0 Å². The molecule has 2 aliphatic rings. The summed E-state index contributed by atoms with van der Waals surface area (Å²) in [6.07, 6.45) is -1.66. The van der Waals surface area contributed by atoms with Crippen molar-refractivity contribution < 1.29 is 17.9 Å². The number of rotatable bonds is 2. The Hall–Kier alpha value is -0.290. The van der Waals surface area contributed by atoms with Crippen molar-refractivity contribution in [3.8, 4) is 0 Å². The third-order valence-electron chi connectivity index (χ3n) is 5.54. The second kappa shape index (κ2) is 5.84. The van der Waals surface area contributed by atoms with Gasteiger partial charge >= 0.3 is 6.18 Å². The van der Waals surface area contributed by atoms with E-state index in [0.29, 0.717) is 18.9 Å². The van der Waals surface area contributed by atoms with Gasteiger partial charge in [0.05, 0.1) is 12.5 Å². The molecule has 0 bridgehead atoms. The van der Waals surface area contributed by atoms with Crippen LogP contribution in [-0.4, -0.2) is 43.4 Å². The molecule has 2 heterocycles. The lowest BCUT2D eigenvalue weighted by Crippen LogP contribution is -2.54. The van der Waals surface area contributed by atoms with E-state index < -0.39 is 12.1 Å². The largest absolute Gasteiger partial charge is 0.395 e. The fourth-order valence-electron chi connectivity index (χ4n) is 3.42. The summed E-state index contributed by atoms with van der Waals surface area (Å²) < 4.78 is 44.4. The van der Waals surface area contributed by atoms with Crippen LogP contribution in [0.5, 0.6) is 0 Å². The van der Waals surface area contributed by atoms with Gasteiger partial charge in [0.25, 0.3) is 0 Å². The number of nitrogens with zero attached hydrogens (tertiary/aromatic N) is 1. The number of ether oxygens (including phenoxy) is 1. The molecule has 0 aromatic heterocycles. The van der Waals surface area contributed by atoms with E-state index in [1.165, 1.54) is 0 Å². The summed E-state index contributed by atoms with van der Waals surface area (Å²) in [7, 11) is 0. The van der Waals surface area contributed by atoms with Crippen molar-refractivity contribution in [2.45, 2.75) is 52.3 Å². The minimum absolute atomic E-state index is 0.174. The molecule has 2 atom stereocenters. The van der Waals surface area contributed by atoms with Crippen molar-refractivity contribution in [1.82, 2.24) is 4.90 Å². The maximum absolute atomic E-state index is 13.1. The average Bonchev–Trinajstić information content (AvgIpc) is 2.38. The molecule has 2 saturated heterocycles. The molecule has 2 nitrogen and oxygen atoms in total. The molecule has 2 aliphatic heterocycles. The smallest absolute Gasteiger partial charge is 0.381 e. The van der Waals surface area contributed by atoms with Crippen molar-refractivity contribution in [2.24, 2.45) is 17.3 Å². The van der Waals surface area contributed by atoms with Crippen LogP contribution in [0.3, 0.4) is 0 Å². The number of hydrogen-bond acceptors (Lipinski definition) is 2. The van der Waals surface area contributed by atoms with Crippen molar-refractivity contribution in [2.75, 3.05) is 26.3 Å². The van der Waals surface area contributed by atoms with Crippen LogP contribution < -0.4 is 0 Å². The summed E-state index contributed by atoms with van der Waals surface area (Å²) in [4.78, 5) is 2.06. The molecule has 0 saturated carbocycles. The summed E-state index contributed by atoms with van der Waals surface area (Å²) in [6.45, 7) is 8.53. The molecule has 2 fully saturated rings. The maximum Gasteiger partial charge on any atom is 0.395 e. The van der Waals surface area contributed by atoms with Gasteiger partial charge in [-0.1, -0.05) is 20.8 Å². The summed E-state index contributed by atoms with van der Waals surface area (Å²) in [5.74, 6) is -0.739. The number of alkyl halides is 3. The minimum atomic E-state index is -4.15. The highest BCUT2D eigenvalue weighted by atomic mass is 19.4. The van der Waals surface area contributed by atoms with E-state index >= 15 is 0 Å². The molecule has 20 heavy (non-hydrogen) atoms. The first-order valence-electron chi connectivity index (χ1n) is 7.62. The lowest BCUT2D eigenvalue weighted by Gasteiger charge is -2.47. The zero-order valence-corrected chi connectivity index (χ0v) is 12.7. The average molecular weight is 293 g/mol. The van der Waals surface area contributed by atoms with Gasteiger partial charge in [0.15, 0.2) is 0 Å². The fraction of sp³-hybridized carbons (Fsp3) is 1.00. The van der Waals surface area contributed by atoms with E-state index in [-0.39, 0.29) is 18.1 Å². The SMILES string of the molecule is CC(C)C1(C)CCN([C@H]2CCOC[C@H]2C(F)(F)F)CC1. The van der Waals surface area contributed by atoms with Gasteiger partial charge in [0.1, 0.15) is 0 Å². The predicted molar refractivity (Wildman–Crippen MR) is 72.5 cm³/mol. The van der Waals surface area contributed by atoms with Gasteiger partial charge in [0.2, 0.25) is 0 Å². The van der Waals surface area contributed by atoms with Gasteiger partial charge in [-0.15, -0.1) is 0 Å². The zero-order chi connectivity index (χ0) is 15.0. The normalized spacial score (nSPS) is 32.5. The highest BCUT2D eigenvalue weighted by Gasteiger charge is 2.49. The van der Waals surface area contributed by atoms with Crippen LogP contribution in [0.2, 0.25) is 0 Å². The van der Waals surface area contributed by atoms with Crippen LogP contribution >= 0.6 is 0 Å². The first-order chi connectivity index (χ1) is 9.24. The van der Waals surface area contributed by atoms with Gasteiger partial charge < -0.3 is 4.74 Å². The summed E-state index contributed by atoms with van der Waals surface area (Å²) in [5.41, 5.74) is 0.273. The van der Waals surface area contributed by atoms with E-state index in [4.69, 9.17) is 4.74 Å². The summed E-state index contributed by atoms with van der Waals surface area (Å²) >= 11 is 0. The van der Waals surface area contributed by atoms with Gasteiger partial charge in [-0.2, -0.15) is 13.2 Å². The number of hydrogen-bond donors (Lipinski definition) is 0. The third-order valence-corrected chi connectivity index (χ3v) is 5.54. The van der Waals surface area contributed by atoms with E-state index in [1.807, 2.05) is 0 Å². The van der Waals surface area contributed by atoms with Crippen LogP contribution in [0.1, 0.15) is 40.0 Å². The Labute approximate surface area is 119 Å². The van der Waals surface area contributed by atoms with E-state index in [0.717, 1.165) is 25.9 Å². The molecule has 0 unspecified atom stereocenters. The van der Waals surface area contributed by atoms with Gasteiger partial charge in [-0.3, -0.25) is 4.90 Å². The molecule has 0 radical (unpaired) electrons. The molecule has 118 valence electrons. The van der Waals surface area contributed by atoms with E-state index in [2.05, 4.69) is 25.7 Å².